The van der Waals surface area contributed by atoms with Crippen LogP contribution < -0.4 is 10.9 Å². The van der Waals surface area contributed by atoms with E-state index in [1.54, 1.807) is 36.0 Å². The molecule has 9 nitrogen and oxygen atoms in total. The quantitative estimate of drug-likeness (QED) is 0.213. The van der Waals surface area contributed by atoms with E-state index in [-0.39, 0.29) is 49.4 Å². The molecule has 1 heterocycles. The van der Waals surface area contributed by atoms with E-state index < -0.39 is 33.7 Å². The summed E-state index contributed by atoms with van der Waals surface area (Å²) in [7, 11) is -3.88. The highest BCUT2D eigenvalue weighted by atomic mass is 35.5. The number of amides is 2. The van der Waals surface area contributed by atoms with Crippen LogP contribution in [0.1, 0.15) is 51.8 Å². The van der Waals surface area contributed by atoms with Crippen LogP contribution >= 0.6 is 12.4 Å². The molecule has 0 aliphatic carbocycles. The Morgan fingerprint density at radius 3 is 2.21 bits per heavy atom. The third kappa shape index (κ3) is 11.9. The second-order valence-corrected chi connectivity index (χ2v) is 12.2. The lowest BCUT2D eigenvalue weighted by atomic mass is 9.82. The van der Waals surface area contributed by atoms with Crippen LogP contribution in [0.3, 0.4) is 0 Å². The maximum absolute atomic E-state index is 13.6. The zero-order valence-corrected chi connectivity index (χ0v) is 24.6. The maximum atomic E-state index is 13.6. The standard InChI is InChI=1S/C28H40N4O5S.ClH/c1-21(2)19-26(25(28(34)31-35)15-10-13-23-11-6-5-7-12-23)27(33)30-32(20-22(3)4)38(36,37)18-16-24-14-8-9-17-29-24;/h5-14,17,21-22,25-26,35H,15-16,18-20H2,1-4H3,(H,30,33)(H,31,34);1H/b13-10+;/t25-,26+;/m0./s1. The number of carbonyl (C=O) groups is 2. The molecule has 0 saturated carbocycles. The minimum absolute atomic E-state index is 0. The first kappa shape index (κ1) is 34.2. The molecular weight excluding hydrogens is 540 g/mol. The number of benzene rings is 1. The van der Waals surface area contributed by atoms with Crippen LogP contribution in [0.15, 0.2) is 60.8 Å². The van der Waals surface area contributed by atoms with Crippen molar-refractivity contribution in [3.63, 3.8) is 0 Å². The monoisotopic (exact) mass is 580 g/mol. The molecule has 0 aliphatic rings. The highest BCUT2D eigenvalue weighted by Gasteiger charge is 2.36. The number of aromatic nitrogens is 1. The molecule has 0 fully saturated rings. The third-order valence-electron chi connectivity index (χ3n) is 5.94. The lowest BCUT2D eigenvalue weighted by Gasteiger charge is -2.30. The molecule has 0 aliphatic heterocycles. The SMILES string of the molecule is CC(C)C[C@@H](C(=O)NN(CC(C)C)S(=O)(=O)CCc1ccccn1)[C@H](C/C=C/c1ccccc1)C(=O)NO.Cl. The minimum Gasteiger partial charge on any atom is -0.289 e. The van der Waals surface area contributed by atoms with E-state index >= 15 is 0 Å². The molecule has 39 heavy (non-hydrogen) atoms. The van der Waals surface area contributed by atoms with Crippen molar-refractivity contribution in [3.05, 3.63) is 72.1 Å². The van der Waals surface area contributed by atoms with Gasteiger partial charge in [-0.3, -0.25) is 25.2 Å². The maximum Gasteiger partial charge on any atom is 0.247 e. The molecule has 0 bridgehead atoms. The molecule has 216 valence electrons. The first-order chi connectivity index (χ1) is 18.0. The van der Waals surface area contributed by atoms with Crippen LogP contribution in [0.25, 0.3) is 6.08 Å². The van der Waals surface area contributed by atoms with Crippen molar-refractivity contribution >= 4 is 40.3 Å². The molecule has 1 aromatic heterocycles. The number of pyridine rings is 1. The summed E-state index contributed by atoms with van der Waals surface area (Å²) >= 11 is 0. The average Bonchev–Trinajstić information content (AvgIpc) is 2.89. The summed E-state index contributed by atoms with van der Waals surface area (Å²) < 4.78 is 27.5. The Bertz CT molecular complexity index is 1150. The molecule has 1 aromatic carbocycles. The van der Waals surface area contributed by atoms with Gasteiger partial charge in [0.2, 0.25) is 21.8 Å². The Kier molecular flexibility index (Phi) is 14.9. The van der Waals surface area contributed by atoms with E-state index in [4.69, 9.17) is 0 Å². The Morgan fingerprint density at radius 2 is 1.64 bits per heavy atom. The largest absolute Gasteiger partial charge is 0.289 e. The number of allylic oxidation sites excluding steroid dienone is 1. The van der Waals surface area contributed by atoms with E-state index in [1.807, 2.05) is 64.1 Å². The summed E-state index contributed by atoms with van der Waals surface area (Å²) in [5.74, 6) is -3.31. The molecule has 0 radical (unpaired) electrons. The number of hydrogen-bond acceptors (Lipinski definition) is 6. The summed E-state index contributed by atoms with van der Waals surface area (Å²) in [5, 5.41) is 9.43. The first-order valence-corrected chi connectivity index (χ1v) is 14.5. The van der Waals surface area contributed by atoms with E-state index in [9.17, 15) is 23.2 Å². The molecule has 0 saturated heterocycles. The van der Waals surface area contributed by atoms with E-state index in [0.717, 1.165) is 9.98 Å². The van der Waals surface area contributed by atoms with Gasteiger partial charge in [0.15, 0.2) is 0 Å². The van der Waals surface area contributed by atoms with Gasteiger partial charge in [0.05, 0.1) is 17.6 Å². The summed E-state index contributed by atoms with van der Waals surface area (Å²) in [6.45, 7) is 7.63. The minimum atomic E-state index is -3.88. The number of hydrogen-bond donors (Lipinski definition) is 3. The molecule has 2 amide bonds. The number of rotatable bonds is 15. The van der Waals surface area contributed by atoms with Crippen LogP contribution in [0.4, 0.5) is 0 Å². The first-order valence-electron chi connectivity index (χ1n) is 12.9. The number of sulfonamides is 1. The highest BCUT2D eigenvalue weighted by Crippen LogP contribution is 2.26. The fourth-order valence-electron chi connectivity index (χ4n) is 4.07. The normalized spacial score (nSPS) is 13.3. The van der Waals surface area contributed by atoms with Crippen molar-refractivity contribution in [2.45, 2.75) is 47.0 Å². The molecule has 11 heteroatoms. The second kappa shape index (κ2) is 17.0. The van der Waals surface area contributed by atoms with Gasteiger partial charge in [-0.05, 0) is 42.4 Å². The third-order valence-corrected chi connectivity index (χ3v) is 7.57. The number of aryl methyl sites for hydroxylation is 1. The number of carbonyl (C=O) groups excluding carboxylic acids is 2. The molecule has 2 aromatic rings. The smallest absolute Gasteiger partial charge is 0.247 e. The van der Waals surface area contributed by atoms with Gasteiger partial charge in [-0.1, -0.05) is 76.2 Å². The van der Waals surface area contributed by atoms with Gasteiger partial charge >= 0.3 is 0 Å². The predicted molar refractivity (Wildman–Crippen MR) is 155 cm³/mol. The van der Waals surface area contributed by atoms with Gasteiger partial charge in [0.25, 0.3) is 0 Å². The number of nitrogens with one attached hydrogen (secondary N) is 2. The number of nitrogens with zero attached hydrogens (tertiary/aromatic N) is 2. The Labute approximate surface area is 238 Å². The van der Waals surface area contributed by atoms with Crippen LogP contribution in [0.2, 0.25) is 0 Å². The number of hydrazine groups is 1. The van der Waals surface area contributed by atoms with Crippen LogP contribution in [0.5, 0.6) is 0 Å². The molecule has 0 spiro atoms. The fourth-order valence-corrected chi connectivity index (χ4v) is 5.51. The van der Waals surface area contributed by atoms with Gasteiger partial charge in [0, 0.05) is 24.9 Å². The van der Waals surface area contributed by atoms with Crippen LogP contribution in [-0.4, -0.2) is 47.1 Å². The summed E-state index contributed by atoms with van der Waals surface area (Å²) in [5.41, 5.74) is 5.85. The molecule has 2 rings (SSSR count). The number of halogens is 1. The van der Waals surface area contributed by atoms with Crippen molar-refractivity contribution in [1.82, 2.24) is 20.3 Å². The van der Waals surface area contributed by atoms with Gasteiger partial charge in [-0.2, -0.15) is 0 Å². The van der Waals surface area contributed by atoms with Gasteiger partial charge in [0.1, 0.15) is 0 Å². The van der Waals surface area contributed by atoms with Crippen LogP contribution in [0, 0.1) is 23.7 Å². The van der Waals surface area contributed by atoms with Crippen LogP contribution in [-0.2, 0) is 26.0 Å². The van der Waals surface area contributed by atoms with Crippen molar-refractivity contribution in [2.24, 2.45) is 23.7 Å². The zero-order valence-electron chi connectivity index (χ0n) is 23.0. The molecule has 2 atom stereocenters. The van der Waals surface area contributed by atoms with Crippen molar-refractivity contribution in [1.29, 1.82) is 0 Å². The topological polar surface area (TPSA) is 129 Å². The summed E-state index contributed by atoms with van der Waals surface area (Å²) in [4.78, 5) is 30.4. The second-order valence-electron chi connectivity index (χ2n) is 10.2. The van der Waals surface area contributed by atoms with Gasteiger partial charge in [-0.15, -0.1) is 16.8 Å². The summed E-state index contributed by atoms with van der Waals surface area (Å²) in [6.07, 6.45) is 5.93. The lowest BCUT2D eigenvalue weighted by molar-refractivity contribution is -0.141. The van der Waals surface area contributed by atoms with Crippen molar-refractivity contribution < 1.29 is 23.2 Å². The summed E-state index contributed by atoms with van der Waals surface area (Å²) in [6, 6.07) is 14.8. The van der Waals surface area contributed by atoms with Crippen molar-refractivity contribution in [3.8, 4) is 0 Å². The molecular formula is C28H41ClN4O5S. The number of hydroxylamine groups is 1. The van der Waals surface area contributed by atoms with E-state index in [0.29, 0.717) is 12.1 Å². The lowest BCUT2D eigenvalue weighted by Crippen LogP contribution is -2.52. The Morgan fingerprint density at radius 1 is 0.974 bits per heavy atom. The fraction of sp³-hybridized carbons (Fsp3) is 0.464. The van der Waals surface area contributed by atoms with Gasteiger partial charge < -0.3 is 0 Å². The Balaban J connectivity index is 0.00000760. The van der Waals surface area contributed by atoms with E-state index in [1.165, 1.54) is 0 Å². The highest BCUT2D eigenvalue weighted by molar-refractivity contribution is 7.89. The van der Waals surface area contributed by atoms with Crippen molar-refractivity contribution in [2.75, 3.05) is 12.3 Å². The average molecular weight is 581 g/mol. The molecule has 3 N–H and O–H groups in total. The predicted octanol–water partition coefficient (Wildman–Crippen LogP) is 4.25. The zero-order chi connectivity index (χ0) is 28.1. The molecule has 0 unspecified atom stereocenters. The Hall–Kier alpha value is -2.79. The van der Waals surface area contributed by atoms with E-state index in [2.05, 4.69) is 10.4 Å². The van der Waals surface area contributed by atoms with Gasteiger partial charge in [-0.25, -0.2) is 13.9 Å².